The van der Waals surface area contributed by atoms with E-state index in [1.165, 1.54) is 44.5 Å². The number of ether oxygens (including phenoxy) is 2. The Hall–Kier alpha value is -2.36. The third-order valence-corrected chi connectivity index (χ3v) is 63.6. The molecule has 0 saturated carbocycles. The summed E-state index contributed by atoms with van der Waals surface area (Å²) >= 11 is -5.02. The second-order valence-corrected chi connectivity index (χ2v) is 59.4. The average Bonchev–Trinajstić information content (AvgIpc) is 3.58. The fourth-order valence-electron chi connectivity index (χ4n) is 8.92. The number of hydrogen-bond acceptors (Lipinski definition) is 2. The normalized spacial score (nSPS) is 18.3. The van der Waals surface area contributed by atoms with Gasteiger partial charge in [-0.15, -0.1) is 0 Å². The number of allylic oxidation sites excluding steroid dienone is 2. The number of halogens is 2. The summed E-state index contributed by atoms with van der Waals surface area (Å²) in [7, 11) is 21.1. The van der Waals surface area contributed by atoms with E-state index in [1.807, 2.05) is 0 Å². The predicted molar refractivity (Wildman–Crippen MR) is 218 cm³/mol. The Labute approximate surface area is 309 Å². The Morgan fingerprint density at radius 2 is 0.940 bits per heavy atom. The molecule has 0 amide bonds. The van der Waals surface area contributed by atoms with Crippen LogP contribution in [0.15, 0.2) is 83.9 Å². The molecule has 6 rings (SSSR count). The minimum atomic E-state index is -5.02. The van der Waals surface area contributed by atoms with Gasteiger partial charge in [-0.2, -0.15) is 0 Å². The van der Waals surface area contributed by atoms with Gasteiger partial charge in [-0.05, 0) is 0 Å². The van der Waals surface area contributed by atoms with E-state index >= 15 is 0 Å². The third kappa shape index (κ3) is 5.76. The van der Waals surface area contributed by atoms with Gasteiger partial charge in [0.25, 0.3) is 0 Å². The summed E-state index contributed by atoms with van der Waals surface area (Å²) in [5, 5.41) is 0. The molecule has 6 heteroatoms. The van der Waals surface area contributed by atoms with Crippen molar-refractivity contribution in [1.82, 2.24) is 0 Å². The first-order valence-electron chi connectivity index (χ1n) is 17.9. The second-order valence-electron chi connectivity index (χ2n) is 16.9. The van der Waals surface area contributed by atoms with E-state index in [1.54, 1.807) is 14.2 Å². The van der Waals surface area contributed by atoms with Gasteiger partial charge in [-0.3, -0.25) is 0 Å². The minimum absolute atomic E-state index is 0.0319. The number of methoxy groups -OCH3 is 2. The zero-order valence-electron chi connectivity index (χ0n) is 31.9. The summed E-state index contributed by atoms with van der Waals surface area (Å²) in [5.41, 5.74) is 14.1. The molecule has 0 N–H and O–H groups in total. The average molecular weight is 804 g/mol. The van der Waals surface area contributed by atoms with Gasteiger partial charge in [-0.1, -0.05) is 0 Å². The Morgan fingerprint density at radius 1 is 0.600 bits per heavy atom. The summed E-state index contributed by atoms with van der Waals surface area (Å²) in [6, 6.07) is 26.2. The molecular formula is C44H53Cl2O2SiZr. The molecule has 2 atom stereocenters. The topological polar surface area (TPSA) is 18.5 Å². The van der Waals surface area contributed by atoms with E-state index in [9.17, 15) is 0 Å². The number of benzene rings is 4. The Morgan fingerprint density at radius 3 is 1.22 bits per heavy atom. The molecule has 2 nitrogen and oxygen atoms in total. The zero-order chi connectivity index (χ0) is 36.6. The molecule has 0 aromatic heterocycles. The molecule has 0 aliphatic heterocycles. The summed E-state index contributed by atoms with van der Waals surface area (Å²) in [4.78, 5) is 0. The molecule has 0 heterocycles. The van der Waals surface area contributed by atoms with Crippen LogP contribution in [0.1, 0.15) is 96.0 Å². The van der Waals surface area contributed by atoms with Crippen LogP contribution in [0.5, 0.6) is 11.5 Å². The van der Waals surface area contributed by atoms with E-state index in [-0.39, 0.29) is 18.1 Å². The maximum atomic E-state index is 8.76. The molecule has 4 aromatic rings. The molecule has 2 unspecified atom stereocenters. The van der Waals surface area contributed by atoms with Crippen LogP contribution < -0.4 is 9.47 Å². The Balaban J connectivity index is 1.71. The Kier molecular flexibility index (Phi) is 9.68. The van der Waals surface area contributed by atoms with Gasteiger partial charge in [-0.25, -0.2) is 0 Å². The molecule has 4 aromatic carbocycles. The van der Waals surface area contributed by atoms with Crippen molar-refractivity contribution in [2.45, 2.75) is 86.6 Å². The molecule has 0 spiro atoms. The van der Waals surface area contributed by atoms with Gasteiger partial charge >= 0.3 is 312 Å². The van der Waals surface area contributed by atoms with Crippen molar-refractivity contribution in [1.29, 1.82) is 0 Å². The molecule has 0 radical (unpaired) electrons. The van der Waals surface area contributed by atoms with Crippen LogP contribution in [0.3, 0.4) is 0 Å². The van der Waals surface area contributed by atoms with Crippen LogP contribution in [0, 0.1) is 0 Å². The molecule has 2 aliphatic carbocycles. The summed E-state index contributed by atoms with van der Waals surface area (Å²) < 4.78 is 12.5. The molecule has 263 valence electrons. The van der Waals surface area contributed by atoms with Crippen molar-refractivity contribution in [3.05, 3.63) is 117 Å². The second kappa shape index (κ2) is 12.9. The maximum absolute atomic E-state index is 8.76. The van der Waals surface area contributed by atoms with Crippen molar-refractivity contribution in [3.63, 3.8) is 0 Å². The van der Waals surface area contributed by atoms with Crippen LogP contribution in [0.25, 0.3) is 34.4 Å². The molecule has 50 heavy (non-hydrogen) atoms. The molecule has 2 aliphatic rings. The van der Waals surface area contributed by atoms with Crippen molar-refractivity contribution < 1.29 is 25.0 Å². The summed E-state index contributed by atoms with van der Waals surface area (Å²) in [6.07, 6.45) is 4.76. The number of rotatable bonds is 7. The van der Waals surface area contributed by atoms with Crippen molar-refractivity contribution in [3.8, 4) is 33.8 Å². The van der Waals surface area contributed by atoms with E-state index in [2.05, 4.69) is 153 Å². The first-order valence-corrected chi connectivity index (χ1v) is 34.2. The Bertz CT molecular complexity index is 1890. The quantitative estimate of drug-likeness (QED) is 0.173. The van der Waals surface area contributed by atoms with Gasteiger partial charge in [0.2, 0.25) is 0 Å². The van der Waals surface area contributed by atoms with Crippen LogP contribution in [-0.4, -0.2) is 20.1 Å². The SMILES string of the molecule is COc1c(C(C)(C)C)cc2c(c1-c1ccccc1)C=C(C)[CH]2[Zr]([Cl])([Cl])([CH]1C(C)=Cc2c1cc(C(C)(C)C)c(OC)c2-c1ccccc1)[SiH](C)C. The zero-order valence-corrected chi connectivity index (χ0v) is 37.0. The van der Waals surface area contributed by atoms with Crippen molar-refractivity contribution in [2.24, 2.45) is 0 Å². The fraction of sp³-hybridized carbons (Fsp3) is 0.364. The molecule has 0 saturated heterocycles. The van der Waals surface area contributed by atoms with Crippen LogP contribution in [-0.2, 0) is 26.4 Å². The van der Waals surface area contributed by atoms with E-state index in [0.717, 1.165) is 33.8 Å². The van der Waals surface area contributed by atoms with Crippen LogP contribution >= 0.6 is 17.0 Å². The van der Waals surface area contributed by atoms with Gasteiger partial charge in [0.1, 0.15) is 0 Å². The van der Waals surface area contributed by atoms with Gasteiger partial charge in [0.05, 0.1) is 0 Å². The van der Waals surface area contributed by atoms with Gasteiger partial charge in [0, 0.05) is 0 Å². The van der Waals surface area contributed by atoms with E-state index in [0.29, 0.717) is 0 Å². The number of fused-ring (bicyclic) bond motifs is 2. The van der Waals surface area contributed by atoms with Crippen LogP contribution in [0.2, 0.25) is 13.1 Å². The fourth-order valence-corrected chi connectivity index (χ4v) is 41.8. The van der Waals surface area contributed by atoms with E-state index < -0.39 is 21.5 Å². The first kappa shape index (κ1) is 37.4. The molecule has 0 fully saturated rings. The predicted octanol–water partition coefficient (Wildman–Crippen LogP) is 13.2. The van der Waals surface area contributed by atoms with E-state index in [4.69, 9.17) is 26.5 Å². The third-order valence-electron chi connectivity index (χ3n) is 11.3. The first-order chi connectivity index (χ1) is 23.4. The van der Waals surface area contributed by atoms with Crippen LogP contribution in [0.4, 0.5) is 0 Å². The monoisotopic (exact) mass is 801 g/mol. The number of hydrogen-bond donors (Lipinski definition) is 0. The van der Waals surface area contributed by atoms with Gasteiger partial charge in [0.15, 0.2) is 0 Å². The van der Waals surface area contributed by atoms with Crippen molar-refractivity contribution >= 4 is 35.1 Å². The molecule has 0 bridgehead atoms. The van der Waals surface area contributed by atoms with Crippen molar-refractivity contribution in [2.75, 3.05) is 14.2 Å². The molecular weight excluding hydrogens is 751 g/mol. The summed E-state index contributed by atoms with van der Waals surface area (Å²) in [6.45, 7) is 23.0. The summed E-state index contributed by atoms with van der Waals surface area (Å²) in [5.74, 6) is 0.116. The van der Waals surface area contributed by atoms with Gasteiger partial charge < -0.3 is 0 Å². The standard InChI is InChI=1S/2C21H23O.C2H7Si.2ClH.Zr/c2*1-14-11-16-13-18(21(2,3)4)20(22-5)19(17(16)12-14)15-9-7-6-8-10-15;1-3-2;;;/h2*6-13H,1-5H3;3H,1-2H3;2*1H;/q;;;;;+2/p-2.